The fourth-order valence-electron chi connectivity index (χ4n) is 2.76. The van der Waals surface area contributed by atoms with Crippen LogP contribution in [0, 0.1) is 13.8 Å². The average Bonchev–Trinajstić information content (AvgIpc) is 2.60. The zero-order valence-corrected chi connectivity index (χ0v) is 14.6. The Balaban J connectivity index is 1.84. The molecule has 3 aromatic rings. The zero-order valence-electron chi connectivity index (χ0n) is 14.6. The molecule has 0 unspecified atom stereocenters. The minimum atomic E-state index is -0.166. The standard InChI is InChI=1S/C20H21N3O2/c1-14-10-15(2)12-17(11-14)23-9-8-21-19(20(23)24)22-13-16-4-6-18(25-3)7-5-16/h4-12H,13H2,1-3H3,(H,21,22). The van der Waals surface area contributed by atoms with Crippen LogP contribution in [0.3, 0.4) is 0 Å². The van der Waals surface area contributed by atoms with Gasteiger partial charge in [-0.1, -0.05) is 18.2 Å². The van der Waals surface area contributed by atoms with Gasteiger partial charge in [-0.2, -0.15) is 0 Å². The molecule has 0 spiro atoms. The Hall–Kier alpha value is -3.08. The molecule has 0 aliphatic rings. The Morgan fingerprint density at radius 2 is 1.76 bits per heavy atom. The maximum atomic E-state index is 12.7. The van der Waals surface area contributed by atoms with Crippen molar-refractivity contribution in [3.8, 4) is 11.4 Å². The van der Waals surface area contributed by atoms with Crippen molar-refractivity contribution in [2.24, 2.45) is 0 Å². The molecule has 0 radical (unpaired) electrons. The minimum Gasteiger partial charge on any atom is -0.497 e. The van der Waals surface area contributed by atoms with Crippen LogP contribution in [0.5, 0.6) is 5.75 Å². The summed E-state index contributed by atoms with van der Waals surface area (Å²) < 4.78 is 6.76. The van der Waals surface area contributed by atoms with Gasteiger partial charge in [0.1, 0.15) is 5.75 Å². The Bertz CT molecular complexity index is 910. The molecule has 2 aromatic carbocycles. The van der Waals surface area contributed by atoms with Crippen molar-refractivity contribution in [1.29, 1.82) is 0 Å². The molecule has 0 atom stereocenters. The molecule has 3 rings (SSSR count). The predicted octanol–water partition coefficient (Wildman–Crippen LogP) is 3.47. The van der Waals surface area contributed by atoms with E-state index in [1.807, 2.05) is 50.2 Å². The zero-order chi connectivity index (χ0) is 17.8. The van der Waals surface area contributed by atoms with Crippen molar-refractivity contribution in [3.63, 3.8) is 0 Å². The highest BCUT2D eigenvalue weighted by Gasteiger charge is 2.07. The number of methoxy groups -OCH3 is 1. The largest absolute Gasteiger partial charge is 0.497 e. The van der Waals surface area contributed by atoms with Crippen LogP contribution in [0.1, 0.15) is 16.7 Å². The summed E-state index contributed by atoms with van der Waals surface area (Å²) in [5.74, 6) is 1.14. The van der Waals surface area contributed by atoms with E-state index in [4.69, 9.17) is 4.74 Å². The van der Waals surface area contributed by atoms with Gasteiger partial charge in [-0.15, -0.1) is 0 Å². The van der Waals surface area contributed by atoms with Gasteiger partial charge in [-0.25, -0.2) is 4.98 Å². The normalized spacial score (nSPS) is 10.5. The third-order valence-corrected chi connectivity index (χ3v) is 3.94. The van der Waals surface area contributed by atoms with Crippen LogP contribution in [0.2, 0.25) is 0 Å². The van der Waals surface area contributed by atoms with Crippen LogP contribution < -0.4 is 15.6 Å². The summed E-state index contributed by atoms with van der Waals surface area (Å²) >= 11 is 0. The first-order chi connectivity index (χ1) is 12.1. The number of aryl methyl sites for hydroxylation is 2. The Morgan fingerprint density at radius 1 is 1.08 bits per heavy atom. The van der Waals surface area contributed by atoms with Gasteiger partial charge in [0.25, 0.3) is 5.56 Å². The van der Waals surface area contributed by atoms with E-state index in [1.165, 1.54) is 0 Å². The number of hydrogen-bond acceptors (Lipinski definition) is 4. The maximum Gasteiger partial charge on any atom is 0.297 e. The van der Waals surface area contributed by atoms with E-state index < -0.39 is 0 Å². The van der Waals surface area contributed by atoms with Crippen LogP contribution in [-0.4, -0.2) is 16.7 Å². The molecule has 0 amide bonds. The van der Waals surface area contributed by atoms with Gasteiger partial charge in [0.15, 0.2) is 5.82 Å². The summed E-state index contributed by atoms with van der Waals surface area (Å²) in [5.41, 5.74) is 3.96. The van der Waals surface area contributed by atoms with Gasteiger partial charge in [0.2, 0.25) is 0 Å². The van der Waals surface area contributed by atoms with E-state index >= 15 is 0 Å². The van der Waals surface area contributed by atoms with Gasteiger partial charge < -0.3 is 10.1 Å². The summed E-state index contributed by atoms with van der Waals surface area (Å²) in [6.07, 6.45) is 3.32. The van der Waals surface area contributed by atoms with Gasteiger partial charge in [0.05, 0.1) is 7.11 Å². The molecule has 0 saturated heterocycles. The monoisotopic (exact) mass is 335 g/mol. The highest BCUT2D eigenvalue weighted by Crippen LogP contribution is 2.14. The number of rotatable bonds is 5. The molecule has 0 aliphatic carbocycles. The van der Waals surface area contributed by atoms with E-state index in [0.29, 0.717) is 12.4 Å². The lowest BCUT2D eigenvalue weighted by atomic mass is 10.1. The Kier molecular flexibility index (Phi) is 4.84. The lowest BCUT2D eigenvalue weighted by Crippen LogP contribution is -2.23. The van der Waals surface area contributed by atoms with Crippen molar-refractivity contribution in [2.45, 2.75) is 20.4 Å². The van der Waals surface area contributed by atoms with Gasteiger partial charge in [-0.3, -0.25) is 9.36 Å². The Morgan fingerprint density at radius 3 is 2.40 bits per heavy atom. The fourth-order valence-corrected chi connectivity index (χ4v) is 2.76. The van der Waals surface area contributed by atoms with Crippen molar-refractivity contribution in [2.75, 3.05) is 12.4 Å². The summed E-state index contributed by atoms with van der Waals surface area (Å²) in [5, 5.41) is 3.12. The smallest absolute Gasteiger partial charge is 0.297 e. The number of ether oxygens (including phenoxy) is 1. The van der Waals surface area contributed by atoms with Crippen LogP contribution in [0.15, 0.2) is 59.7 Å². The molecule has 25 heavy (non-hydrogen) atoms. The highest BCUT2D eigenvalue weighted by molar-refractivity contribution is 5.43. The lowest BCUT2D eigenvalue weighted by Gasteiger charge is -2.11. The fraction of sp³-hybridized carbons (Fsp3) is 0.200. The summed E-state index contributed by atoms with van der Waals surface area (Å²) in [6.45, 7) is 4.56. The molecular weight excluding hydrogens is 314 g/mol. The van der Waals surface area contributed by atoms with Crippen LogP contribution in [0.4, 0.5) is 5.82 Å². The summed E-state index contributed by atoms with van der Waals surface area (Å²) in [7, 11) is 1.64. The second-order valence-corrected chi connectivity index (χ2v) is 6.00. The molecule has 1 heterocycles. The molecular formula is C20H21N3O2. The number of nitrogens with one attached hydrogen (secondary N) is 1. The quantitative estimate of drug-likeness (QED) is 0.776. The van der Waals surface area contributed by atoms with Crippen LogP contribution >= 0.6 is 0 Å². The summed E-state index contributed by atoms with van der Waals surface area (Å²) in [4.78, 5) is 16.9. The molecule has 1 aromatic heterocycles. The molecule has 0 aliphatic heterocycles. The lowest BCUT2D eigenvalue weighted by molar-refractivity contribution is 0.414. The average molecular weight is 335 g/mol. The van der Waals surface area contributed by atoms with E-state index in [-0.39, 0.29) is 5.56 Å². The number of aromatic nitrogens is 2. The number of hydrogen-bond donors (Lipinski definition) is 1. The molecule has 0 saturated carbocycles. The first-order valence-corrected chi connectivity index (χ1v) is 8.10. The minimum absolute atomic E-state index is 0.166. The molecule has 1 N–H and O–H groups in total. The molecule has 5 heteroatoms. The molecule has 0 fully saturated rings. The first-order valence-electron chi connectivity index (χ1n) is 8.10. The topological polar surface area (TPSA) is 56.1 Å². The third-order valence-electron chi connectivity index (χ3n) is 3.94. The molecule has 0 bridgehead atoms. The number of nitrogens with zero attached hydrogens (tertiary/aromatic N) is 2. The second-order valence-electron chi connectivity index (χ2n) is 6.00. The maximum absolute atomic E-state index is 12.7. The van der Waals surface area contributed by atoms with Crippen molar-refractivity contribution < 1.29 is 4.74 Å². The third kappa shape index (κ3) is 3.88. The Labute approximate surface area is 146 Å². The van der Waals surface area contributed by atoms with Crippen LogP contribution in [-0.2, 0) is 6.54 Å². The van der Waals surface area contributed by atoms with Crippen molar-refractivity contribution in [3.05, 3.63) is 81.9 Å². The first kappa shape index (κ1) is 16.8. The predicted molar refractivity (Wildman–Crippen MR) is 99.6 cm³/mol. The van der Waals surface area contributed by atoms with Crippen LogP contribution in [0.25, 0.3) is 5.69 Å². The second kappa shape index (κ2) is 7.21. The number of benzene rings is 2. The van der Waals surface area contributed by atoms with Gasteiger partial charge in [0, 0.05) is 24.6 Å². The SMILES string of the molecule is COc1ccc(CNc2nccn(-c3cc(C)cc(C)c3)c2=O)cc1. The van der Waals surface area contributed by atoms with E-state index in [1.54, 1.807) is 24.1 Å². The van der Waals surface area contributed by atoms with Gasteiger partial charge >= 0.3 is 0 Å². The van der Waals surface area contributed by atoms with Crippen molar-refractivity contribution in [1.82, 2.24) is 9.55 Å². The van der Waals surface area contributed by atoms with E-state index in [9.17, 15) is 4.79 Å². The molecule has 128 valence electrons. The van der Waals surface area contributed by atoms with E-state index in [2.05, 4.69) is 16.4 Å². The highest BCUT2D eigenvalue weighted by atomic mass is 16.5. The van der Waals surface area contributed by atoms with Crippen molar-refractivity contribution >= 4 is 5.82 Å². The van der Waals surface area contributed by atoms with Gasteiger partial charge in [-0.05, 0) is 54.8 Å². The van der Waals surface area contributed by atoms with E-state index in [0.717, 1.165) is 28.1 Å². The number of anilines is 1. The molecule has 5 nitrogen and oxygen atoms in total. The summed E-state index contributed by atoms with van der Waals surface area (Å²) in [6, 6.07) is 13.8.